The zero-order valence-electron chi connectivity index (χ0n) is 39.7. The van der Waals surface area contributed by atoms with Crippen molar-refractivity contribution in [1.82, 2.24) is 0 Å². The van der Waals surface area contributed by atoms with E-state index in [1.165, 1.54) is 101 Å². The Balaban J connectivity index is 0.975. The molecule has 11 aromatic rings. The quantitative estimate of drug-likeness (QED) is 0.0814. The van der Waals surface area contributed by atoms with Crippen LogP contribution in [0.4, 0.5) is 17.1 Å². The van der Waals surface area contributed by atoms with Gasteiger partial charge in [0.05, 0.1) is 22.5 Å². The van der Waals surface area contributed by atoms with Gasteiger partial charge in [0.2, 0.25) is 3.57 Å². The largest absolute Gasteiger partial charge is 0.458 e. The minimum absolute atomic E-state index is 0.0340. The van der Waals surface area contributed by atoms with Gasteiger partial charge < -0.3 is 9.64 Å². The van der Waals surface area contributed by atoms with Crippen LogP contribution in [0.15, 0.2) is 277 Å². The Morgan fingerprint density at radius 2 is 1.00 bits per heavy atom. The van der Waals surface area contributed by atoms with Crippen molar-refractivity contribution in [2.75, 3.05) is 4.90 Å². The number of benzene rings is 11. The molecule has 3 aliphatic rings. The molecule has 0 amide bonds. The lowest BCUT2D eigenvalue weighted by Crippen LogP contribution is -3.34. The predicted octanol–water partition coefficient (Wildman–Crippen LogP) is 9.24. The third-order valence-corrected chi connectivity index (χ3v) is 20.0. The third-order valence-electron chi connectivity index (χ3n) is 15.1. The molecule has 1 aliphatic carbocycles. The van der Waals surface area contributed by atoms with Crippen LogP contribution in [-0.4, -0.2) is 15.5 Å². The maximum atomic E-state index is 6.62. The Morgan fingerprint density at radius 3 is 1.74 bits per heavy atom. The van der Waals surface area contributed by atoms with Gasteiger partial charge in [-0.25, -0.2) is 0 Å². The van der Waals surface area contributed by atoms with Crippen molar-refractivity contribution in [1.29, 1.82) is 0 Å². The molecule has 0 fully saturated rings. The maximum Gasteiger partial charge on any atom is 0.430 e. The van der Waals surface area contributed by atoms with Gasteiger partial charge in [-0.2, -0.15) is 0 Å². The Labute approximate surface area is 446 Å². The number of hydrogen-bond acceptors (Lipinski definition) is 3. The van der Waals surface area contributed by atoms with Crippen molar-refractivity contribution in [3.8, 4) is 33.8 Å². The minimum atomic E-state index is -1.50. The summed E-state index contributed by atoms with van der Waals surface area (Å²) in [6.45, 7) is 0.0340. The highest BCUT2D eigenvalue weighted by atomic mass is 127. The van der Waals surface area contributed by atoms with E-state index in [4.69, 9.17) is 4.74 Å². The van der Waals surface area contributed by atoms with Gasteiger partial charge in [-0.1, -0.05) is 205 Å². The number of halogens is 1. The first-order valence-corrected chi connectivity index (χ1v) is 28.4. The Hall–Kier alpha value is -7.62. The third kappa shape index (κ3) is 7.14. The normalized spacial score (nSPS) is 13.1. The fraction of sp³-hybridized carbons (Fsp3) is 0.0149. The summed E-state index contributed by atoms with van der Waals surface area (Å²) in [6.07, 6.45) is 0. The predicted molar refractivity (Wildman–Crippen MR) is 303 cm³/mol. The summed E-state index contributed by atoms with van der Waals surface area (Å²) in [5.41, 5.74) is 16.9. The van der Waals surface area contributed by atoms with Crippen molar-refractivity contribution in [2.24, 2.45) is 0 Å². The number of nitrogens with zero attached hydrogens (tertiary/aromatic N) is 1. The van der Waals surface area contributed by atoms with E-state index in [0.29, 0.717) is 0 Å². The topological polar surface area (TPSA) is 12.5 Å². The molecule has 14 rings (SSSR count). The molecule has 2 aliphatic heterocycles. The second-order valence-corrected chi connectivity index (χ2v) is 23.7. The molecule has 0 saturated heterocycles. The van der Waals surface area contributed by atoms with Crippen molar-refractivity contribution in [2.45, 2.75) is 15.2 Å². The second kappa shape index (κ2) is 18.1. The first-order chi connectivity index (χ1) is 36.1. The van der Waals surface area contributed by atoms with Gasteiger partial charge in [0.15, 0.2) is 0 Å². The van der Waals surface area contributed by atoms with Gasteiger partial charge in [-0.05, 0) is 128 Å². The maximum absolute atomic E-state index is 6.62. The fourth-order valence-electron chi connectivity index (χ4n) is 12.0. The van der Waals surface area contributed by atoms with Crippen molar-refractivity contribution >= 4 is 76.3 Å². The average molecular weight is 1080 g/mol. The van der Waals surface area contributed by atoms with Gasteiger partial charge in [-0.15, -0.1) is 0 Å². The summed E-state index contributed by atoms with van der Waals surface area (Å²) in [7, 11) is -1.50. The Bertz CT molecular complexity index is 3830. The van der Waals surface area contributed by atoms with E-state index >= 15 is 0 Å². The van der Waals surface area contributed by atoms with Crippen LogP contribution in [0, 0.1) is 3.57 Å². The van der Waals surface area contributed by atoms with Crippen LogP contribution in [0.5, 0.6) is 11.5 Å². The summed E-state index contributed by atoms with van der Waals surface area (Å²) < 4.78 is 7.83. The SMILES string of the molecule is [IH+]c1cc(-c2ccc3c(c2)C(c2ccccc2)(c2ccccc2)c2ccccc2-3)ccc1N(c1ccccc1[Si+](c1ccccc1)c1ccccc1)c1cccc2c1Sc1cccc3c1B2c1ccccc1O3. The molecule has 0 spiro atoms. The molecule has 0 atom stereocenters. The zero-order valence-corrected chi connectivity index (χ0v) is 43.8. The number of fused-ring (bicyclic) bond motifs is 7. The molecule has 0 radical (unpaired) electrons. The van der Waals surface area contributed by atoms with Crippen LogP contribution in [0.3, 0.4) is 0 Å². The van der Waals surface area contributed by atoms with Crippen LogP contribution >= 0.6 is 11.8 Å². The van der Waals surface area contributed by atoms with E-state index in [1.807, 2.05) is 11.8 Å². The lowest BCUT2D eigenvalue weighted by atomic mass is 9.35. The molecule has 2 nitrogen and oxygen atoms in total. The molecule has 0 saturated carbocycles. The molecule has 0 bridgehead atoms. The van der Waals surface area contributed by atoms with Gasteiger partial charge in [0, 0.05) is 15.9 Å². The highest BCUT2D eigenvalue weighted by molar-refractivity contribution is 8.00. The van der Waals surface area contributed by atoms with E-state index in [2.05, 4.69) is 294 Å². The number of ether oxygens (including phenoxy) is 1. The minimum Gasteiger partial charge on any atom is -0.458 e. The van der Waals surface area contributed by atoms with Gasteiger partial charge in [0.25, 0.3) is 29.3 Å². The first-order valence-electron chi connectivity index (χ1n) is 24.9. The molecule has 342 valence electrons. The molecule has 0 unspecified atom stereocenters. The van der Waals surface area contributed by atoms with Crippen molar-refractivity contribution in [3.63, 3.8) is 0 Å². The smallest absolute Gasteiger partial charge is 0.430 e. The van der Waals surface area contributed by atoms with Crippen LogP contribution in [0.25, 0.3) is 22.3 Å². The molecular weight excluding hydrogens is 1030 g/mol. The molecule has 2 heterocycles. The van der Waals surface area contributed by atoms with E-state index in [1.54, 1.807) is 0 Å². The number of hydrogen-bond donors (Lipinski definition) is 0. The Kier molecular flexibility index (Phi) is 11.0. The van der Waals surface area contributed by atoms with Gasteiger partial charge >= 0.3 is 8.80 Å². The van der Waals surface area contributed by atoms with E-state index in [9.17, 15) is 0 Å². The van der Waals surface area contributed by atoms with E-state index in [0.717, 1.165) is 17.2 Å². The van der Waals surface area contributed by atoms with Gasteiger partial charge in [-0.3, -0.25) is 0 Å². The fourth-order valence-corrected chi connectivity index (χ4v) is 16.8. The summed E-state index contributed by atoms with van der Waals surface area (Å²) >= 11 is 4.06. The summed E-state index contributed by atoms with van der Waals surface area (Å²) in [4.78, 5) is 5.09. The van der Waals surface area contributed by atoms with Crippen molar-refractivity contribution < 1.29 is 27.3 Å². The number of rotatable bonds is 9. The Morgan fingerprint density at radius 1 is 0.438 bits per heavy atom. The summed E-state index contributed by atoms with van der Waals surface area (Å²) in [5.74, 6) is 1.87. The second-order valence-electron chi connectivity index (χ2n) is 19.0. The van der Waals surface area contributed by atoms with Crippen LogP contribution < -0.4 is 64.2 Å². The lowest BCUT2D eigenvalue weighted by Gasteiger charge is -2.35. The summed E-state index contributed by atoms with van der Waals surface area (Å²) in [5, 5.41) is 4.04. The molecule has 6 heteroatoms. The number of para-hydroxylation sites is 2. The van der Waals surface area contributed by atoms with E-state index in [-0.39, 0.29) is 6.71 Å². The zero-order chi connectivity index (χ0) is 48.5. The lowest BCUT2D eigenvalue weighted by molar-refractivity contribution is -0.326. The molecule has 73 heavy (non-hydrogen) atoms. The standard InChI is InChI=1S/C67H45BINOSSi/c69-57-44-46(45-39-41-52-51-29-13-14-30-53(51)67(54(52)43-45,47-21-5-1-6-22-47)48-23-7-2-8-24-48)40-42-58(57)70(59-33-16-18-38-64(59)73(49-25-9-3-10-26-49)50-27-11-4-12-28-50)60-34-19-32-56-66(60)72-63-37-20-36-62-65(63)68(56)55-31-15-17-35-61(55)71-62/h1-44,69H/q+2. The molecular formula is C67H45BINOSSi+2. The van der Waals surface area contributed by atoms with Crippen LogP contribution in [-0.2, 0) is 5.41 Å². The summed E-state index contributed by atoms with van der Waals surface area (Å²) in [6, 6.07) is 99.1. The highest BCUT2D eigenvalue weighted by Crippen LogP contribution is 2.57. The van der Waals surface area contributed by atoms with E-state index < -0.39 is 14.2 Å². The highest BCUT2D eigenvalue weighted by Gasteiger charge is 2.47. The van der Waals surface area contributed by atoms with Gasteiger partial charge in [0.1, 0.15) is 27.1 Å². The molecule has 11 aromatic carbocycles. The van der Waals surface area contributed by atoms with Crippen LogP contribution in [0.2, 0.25) is 0 Å². The van der Waals surface area contributed by atoms with Crippen LogP contribution in [0.1, 0.15) is 22.3 Å². The molecule has 0 aromatic heterocycles. The van der Waals surface area contributed by atoms with Crippen molar-refractivity contribution in [3.05, 3.63) is 293 Å². The average Bonchev–Trinajstić information content (AvgIpc) is 3.75. The first kappa shape index (κ1) is 44.1. The monoisotopic (exact) mass is 1080 g/mol. The number of anilines is 3. The molecule has 0 N–H and O–H groups in total.